The van der Waals surface area contributed by atoms with E-state index < -0.39 is 0 Å². The van der Waals surface area contributed by atoms with Crippen molar-refractivity contribution >= 4 is 11.6 Å². The van der Waals surface area contributed by atoms with Crippen molar-refractivity contribution in [1.82, 2.24) is 0 Å². The van der Waals surface area contributed by atoms with Crippen molar-refractivity contribution in [2.75, 3.05) is 0 Å². The van der Waals surface area contributed by atoms with Gasteiger partial charge in [-0.1, -0.05) is 13.8 Å². The number of rotatable bonds is 0. The molecule has 2 bridgehead atoms. The molecule has 0 N–H and O–H groups in total. The van der Waals surface area contributed by atoms with Gasteiger partial charge in [-0.2, -0.15) is 0 Å². The van der Waals surface area contributed by atoms with Crippen LogP contribution in [0.5, 0.6) is 0 Å². The number of hydrogen-bond donors (Lipinski definition) is 0. The maximum atomic E-state index is 11.3. The highest BCUT2D eigenvalue weighted by molar-refractivity contribution is 6.42. The zero-order valence-corrected chi connectivity index (χ0v) is 6.89. The third-order valence-corrected chi connectivity index (χ3v) is 3.66. The molecule has 2 saturated carbocycles. The predicted octanol–water partition coefficient (Wildman–Crippen LogP) is 1.19. The average Bonchev–Trinajstić information content (AvgIpc) is 2.33. The van der Waals surface area contributed by atoms with Crippen LogP contribution in [0.4, 0.5) is 0 Å². The smallest absolute Gasteiger partial charge is 0.204 e. The average molecular weight is 152 g/mol. The summed E-state index contributed by atoms with van der Waals surface area (Å²) in [6, 6.07) is 0. The van der Waals surface area contributed by atoms with E-state index in [0.717, 1.165) is 12.8 Å². The largest absolute Gasteiger partial charge is 0.291 e. The standard InChI is InChI=1S/C9H12O2/c1-5-6-3-4-9(5,2)8(11)7(6)10/h5-6H,3-4H2,1-2H3/t5?,6-,9+/m1/s1. The van der Waals surface area contributed by atoms with Crippen molar-refractivity contribution in [3.63, 3.8) is 0 Å². The Morgan fingerprint density at radius 3 is 2.36 bits per heavy atom. The minimum absolute atomic E-state index is 0.0625. The first kappa shape index (κ1) is 7.01. The fourth-order valence-corrected chi connectivity index (χ4v) is 2.51. The third kappa shape index (κ3) is 0.585. The summed E-state index contributed by atoms with van der Waals surface area (Å²) < 4.78 is 0. The molecule has 0 radical (unpaired) electrons. The Labute approximate surface area is 66.0 Å². The van der Waals surface area contributed by atoms with Crippen LogP contribution in [-0.4, -0.2) is 11.6 Å². The molecule has 1 unspecified atom stereocenters. The monoisotopic (exact) mass is 152 g/mol. The normalized spacial score (nSPS) is 48.9. The molecule has 0 aromatic heterocycles. The molecular formula is C9H12O2. The lowest BCUT2D eigenvalue weighted by Crippen LogP contribution is -2.29. The molecule has 2 nitrogen and oxygen atoms in total. The first-order valence-electron chi connectivity index (χ1n) is 4.16. The van der Waals surface area contributed by atoms with E-state index in [1.807, 2.05) is 13.8 Å². The minimum Gasteiger partial charge on any atom is -0.291 e. The van der Waals surface area contributed by atoms with Gasteiger partial charge in [0.2, 0.25) is 11.6 Å². The van der Waals surface area contributed by atoms with E-state index in [0.29, 0.717) is 5.92 Å². The lowest BCUT2D eigenvalue weighted by molar-refractivity contribution is -0.141. The number of ketones is 2. The van der Waals surface area contributed by atoms with Gasteiger partial charge in [0.05, 0.1) is 0 Å². The van der Waals surface area contributed by atoms with E-state index in [1.54, 1.807) is 0 Å². The molecule has 0 aliphatic heterocycles. The van der Waals surface area contributed by atoms with Gasteiger partial charge in [-0.25, -0.2) is 0 Å². The molecule has 2 heteroatoms. The highest BCUT2D eigenvalue weighted by Crippen LogP contribution is 2.53. The molecule has 11 heavy (non-hydrogen) atoms. The van der Waals surface area contributed by atoms with Crippen molar-refractivity contribution in [3.8, 4) is 0 Å². The van der Waals surface area contributed by atoms with Gasteiger partial charge in [-0.05, 0) is 18.8 Å². The summed E-state index contributed by atoms with van der Waals surface area (Å²) >= 11 is 0. The van der Waals surface area contributed by atoms with Crippen LogP contribution in [0.2, 0.25) is 0 Å². The number of fused-ring (bicyclic) bond motifs is 2. The van der Waals surface area contributed by atoms with E-state index in [9.17, 15) is 9.59 Å². The summed E-state index contributed by atoms with van der Waals surface area (Å²) in [4.78, 5) is 22.6. The first-order chi connectivity index (χ1) is 5.07. The highest BCUT2D eigenvalue weighted by Gasteiger charge is 2.59. The zero-order valence-electron chi connectivity index (χ0n) is 6.89. The van der Waals surface area contributed by atoms with Crippen molar-refractivity contribution in [1.29, 1.82) is 0 Å². The fraction of sp³-hybridized carbons (Fsp3) is 0.778. The second-order valence-electron chi connectivity index (χ2n) is 4.04. The Bertz CT molecular complexity index is 244. The molecule has 0 amide bonds. The third-order valence-electron chi connectivity index (χ3n) is 3.66. The topological polar surface area (TPSA) is 34.1 Å². The van der Waals surface area contributed by atoms with Crippen LogP contribution in [-0.2, 0) is 9.59 Å². The van der Waals surface area contributed by atoms with Crippen LogP contribution in [0, 0.1) is 17.3 Å². The lowest BCUT2D eigenvalue weighted by atomic mass is 9.81. The summed E-state index contributed by atoms with van der Waals surface area (Å²) in [6.45, 7) is 3.96. The van der Waals surface area contributed by atoms with Crippen LogP contribution in [0.1, 0.15) is 26.7 Å². The van der Waals surface area contributed by atoms with Crippen molar-refractivity contribution in [3.05, 3.63) is 0 Å². The van der Waals surface area contributed by atoms with Gasteiger partial charge in [0, 0.05) is 11.3 Å². The van der Waals surface area contributed by atoms with E-state index >= 15 is 0 Å². The van der Waals surface area contributed by atoms with E-state index in [4.69, 9.17) is 0 Å². The Kier molecular flexibility index (Phi) is 1.11. The maximum Gasteiger partial charge on any atom is 0.204 e. The molecule has 60 valence electrons. The molecule has 0 aromatic rings. The number of carbonyl (C=O) groups is 2. The molecule has 2 fully saturated rings. The van der Waals surface area contributed by atoms with Crippen LogP contribution in [0.3, 0.4) is 0 Å². The van der Waals surface area contributed by atoms with E-state index in [-0.39, 0.29) is 22.9 Å². The predicted molar refractivity (Wildman–Crippen MR) is 40.0 cm³/mol. The quantitative estimate of drug-likeness (QED) is 0.488. The summed E-state index contributed by atoms with van der Waals surface area (Å²) in [6.07, 6.45) is 1.85. The molecule has 0 spiro atoms. The van der Waals surface area contributed by atoms with Crippen LogP contribution in [0.15, 0.2) is 0 Å². The van der Waals surface area contributed by atoms with Crippen molar-refractivity contribution < 1.29 is 9.59 Å². The van der Waals surface area contributed by atoms with Gasteiger partial charge < -0.3 is 0 Å². The SMILES string of the molecule is CC1[C@H]2CC[C@]1(C)C(=O)C2=O. The Morgan fingerprint density at radius 1 is 1.45 bits per heavy atom. The first-order valence-corrected chi connectivity index (χ1v) is 4.16. The van der Waals surface area contributed by atoms with E-state index in [2.05, 4.69) is 0 Å². The fourth-order valence-electron chi connectivity index (χ4n) is 2.51. The van der Waals surface area contributed by atoms with Crippen LogP contribution in [0.25, 0.3) is 0 Å². The molecule has 2 rings (SSSR count). The zero-order chi connectivity index (χ0) is 8.22. The molecule has 2 aliphatic carbocycles. The summed E-state index contributed by atoms with van der Waals surface area (Å²) in [5.41, 5.74) is -0.290. The molecular weight excluding hydrogens is 140 g/mol. The molecule has 0 heterocycles. The van der Waals surface area contributed by atoms with Crippen molar-refractivity contribution in [2.24, 2.45) is 17.3 Å². The Morgan fingerprint density at radius 2 is 2.09 bits per heavy atom. The van der Waals surface area contributed by atoms with Gasteiger partial charge in [0.15, 0.2) is 0 Å². The van der Waals surface area contributed by atoms with Crippen molar-refractivity contribution in [2.45, 2.75) is 26.7 Å². The molecule has 0 aromatic carbocycles. The number of Topliss-reactive ketones (excluding diaryl/α,β-unsaturated/α-hetero) is 2. The summed E-state index contributed by atoms with van der Waals surface area (Å²) in [5.74, 6) is 0.141. The summed E-state index contributed by atoms with van der Waals surface area (Å²) in [7, 11) is 0. The van der Waals surface area contributed by atoms with Gasteiger partial charge in [-0.15, -0.1) is 0 Å². The van der Waals surface area contributed by atoms with Gasteiger partial charge in [0.1, 0.15) is 0 Å². The van der Waals surface area contributed by atoms with E-state index in [1.165, 1.54) is 0 Å². The number of hydrogen-bond acceptors (Lipinski definition) is 2. The lowest BCUT2D eigenvalue weighted by Gasteiger charge is -2.20. The molecule has 3 atom stereocenters. The second-order valence-corrected chi connectivity index (χ2v) is 4.04. The molecule has 0 saturated heterocycles. The molecule has 2 aliphatic rings. The minimum atomic E-state index is -0.290. The van der Waals surface area contributed by atoms with Gasteiger partial charge >= 0.3 is 0 Å². The Hall–Kier alpha value is -0.660. The van der Waals surface area contributed by atoms with Crippen LogP contribution < -0.4 is 0 Å². The second kappa shape index (κ2) is 1.74. The van der Waals surface area contributed by atoms with Gasteiger partial charge in [0.25, 0.3) is 0 Å². The highest BCUT2D eigenvalue weighted by atomic mass is 16.2. The maximum absolute atomic E-state index is 11.3. The Balaban J connectivity index is 2.48. The van der Waals surface area contributed by atoms with Crippen LogP contribution >= 0.6 is 0 Å². The summed E-state index contributed by atoms with van der Waals surface area (Å²) in [5, 5.41) is 0. The van der Waals surface area contributed by atoms with Gasteiger partial charge in [-0.3, -0.25) is 9.59 Å². The number of carbonyl (C=O) groups excluding carboxylic acids is 2.